The van der Waals surface area contributed by atoms with Crippen molar-refractivity contribution < 1.29 is 5.11 Å². The Morgan fingerprint density at radius 3 is 2.46 bits per heavy atom. The molecule has 2 atom stereocenters. The fourth-order valence-electron chi connectivity index (χ4n) is 2.74. The Kier molecular flexibility index (Phi) is 5.35. The first-order valence-corrected chi connectivity index (χ1v) is 9.37. The lowest BCUT2D eigenvalue weighted by atomic mass is 10.2. The van der Waals surface area contributed by atoms with Crippen LogP contribution in [0.3, 0.4) is 0 Å². The van der Waals surface area contributed by atoms with E-state index >= 15 is 0 Å². The van der Waals surface area contributed by atoms with Gasteiger partial charge in [-0.25, -0.2) is 19.9 Å². The minimum absolute atomic E-state index is 0.0250. The molecule has 0 saturated carbocycles. The molecule has 9 nitrogen and oxygen atoms in total. The quantitative estimate of drug-likeness (QED) is 0.253. The molecule has 0 unspecified atom stereocenters. The first-order chi connectivity index (χ1) is 13.4. The predicted octanol–water partition coefficient (Wildman–Crippen LogP) is 3.65. The van der Waals surface area contributed by atoms with Crippen molar-refractivity contribution in [1.29, 1.82) is 0 Å². The minimum Gasteiger partial charge on any atom is -0.389 e. The van der Waals surface area contributed by atoms with Crippen LogP contribution in [0.1, 0.15) is 12.5 Å². The maximum atomic E-state index is 9.47. The van der Waals surface area contributed by atoms with Crippen LogP contribution in [0, 0.1) is 0 Å². The van der Waals surface area contributed by atoms with Crippen molar-refractivity contribution in [2.24, 2.45) is 0 Å². The van der Waals surface area contributed by atoms with E-state index in [0.717, 1.165) is 0 Å². The average molecular weight is 460 g/mol. The third-order valence-electron chi connectivity index (χ3n) is 3.96. The standard InChI is InChI=1S/C10H8Cl2N4O.C5H2Cl2N4/c11-8-7-9(15-10(12)14-8)16(4-13-7)5-1-2-6(17)3-5;6-3-2-4(9-1-8-2)11-5(7)10-3/h1-2,4-6,17H,3H2;1H,(H,8,9,10,11)/t5-,6+;/m0./s1. The second-order valence-electron chi connectivity index (χ2n) is 5.75. The van der Waals surface area contributed by atoms with Crippen LogP contribution in [-0.2, 0) is 0 Å². The largest absolute Gasteiger partial charge is 0.389 e. The SMILES string of the molecule is Clc1nc(Cl)c2[nH]cnc2n1.O[C@@H]1C=C[C@H](n2cnc3c(Cl)nc(Cl)nc32)C1. The highest BCUT2D eigenvalue weighted by Crippen LogP contribution is 2.28. The van der Waals surface area contributed by atoms with Crippen molar-refractivity contribution in [1.82, 2.24) is 39.5 Å². The Balaban J connectivity index is 0.000000151. The molecule has 1 aliphatic carbocycles. The lowest BCUT2D eigenvalue weighted by molar-refractivity contribution is 0.211. The summed E-state index contributed by atoms with van der Waals surface area (Å²) < 4.78 is 1.83. The van der Waals surface area contributed by atoms with Crippen LogP contribution in [0.4, 0.5) is 0 Å². The van der Waals surface area contributed by atoms with Gasteiger partial charge in [-0.05, 0) is 23.2 Å². The second-order valence-corrected chi connectivity index (χ2v) is 7.14. The van der Waals surface area contributed by atoms with Gasteiger partial charge in [0.25, 0.3) is 0 Å². The zero-order chi connectivity index (χ0) is 19.8. The number of hydrogen-bond acceptors (Lipinski definition) is 7. The number of rotatable bonds is 1. The summed E-state index contributed by atoms with van der Waals surface area (Å²) in [6, 6.07) is 0.0250. The second kappa shape index (κ2) is 7.76. The summed E-state index contributed by atoms with van der Waals surface area (Å²) in [5.74, 6) is 0. The number of aromatic nitrogens is 8. The van der Waals surface area contributed by atoms with Gasteiger partial charge in [-0.15, -0.1) is 0 Å². The number of imidazole rings is 2. The Morgan fingerprint density at radius 2 is 1.71 bits per heavy atom. The number of aliphatic hydroxyl groups excluding tert-OH is 1. The highest BCUT2D eigenvalue weighted by Gasteiger charge is 2.21. The van der Waals surface area contributed by atoms with E-state index < -0.39 is 6.10 Å². The van der Waals surface area contributed by atoms with Crippen LogP contribution in [-0.4, -0.2) is 50.7 Å². The van der Waals surface area contributed by atoms with E-state index in [1.165, 1.54) is 6.33 Å². The van der Waals surface area contributed by atoms with Crippen LogP contribution < -0.4 is 0 Å². The summed E-state index contributed by atoms with van der Waals surface area (Å²) in [5.41, 5.74) is 2.19. The molecule has 1 aliphatic rings. The molecule has 0 saturated heterocycles. The molecule has 0 aromatic carbocycles. The van der Waals surface area contributed by atoms with Crippen LogP contribution in [0.2, 0.25) is 20.9 Å². The molecule has 0 aliphatic heterocycles. The minimum atomic E-state index is -0.426. The van der Waals surface area contributed by atoms with Gasteiger partial charge in [0, 0.05) is 6.42 Å². The van der Waals surface area contributed by atoms with E-state index in [1.807, 2.05) is 10.6 Å². The first kappa shape index (κ1) is 19.3. The molecule has 2 N–H and O–H groups in total. The fraction of sp³-hybridized carbons (Fsp3) is 0.200. The third-order valence-corrected chi connectivity index (χ3v) is 4.84. The van der Waals surface area contributed by atoms with Crippen LogP contribution >= 0.6 is 46.4 Å². The van der Waals surface area contributed by atoms with Gasteiger partial charge in [-0.2, -0.15) is 9.97 Å². The van der Waals surface area contributed by atoms with Gasteiger partial charge in [0.2, 0.25) is 10.6 Å². The van der Waals surface area contributed by atoms with E-state index in [0.29, 0.717) is 28.7 Å². The molecule has 144 valence electrons. The number of nitrogens with one attached hydrogen (secondary N) is 1. The first-order valence-electron chi connectivity index (χ1n) is 7.86. The van der Waals surface area contributed by atoms with Crippen molar-refractivity contribution in [3.05, 3.63) is 45.7 Å². The van der Waals surface area contributed by atoms with Crippen molar-refractivity contribution in [2.75, 3.05) is 0 Å². The number of hydrogen-bond donors (Lipinski definition) is 2. The van der Waals surface area contributed by atoms with Gasteiger partial charge >= 0.3 is 0 Å². The lowest BCUT2D eigenvalue weighted by Gasteiger charge is -2.11. The highest BCUT2D eigenvalue weighted by molar-refractivity contribution is 6.35. The zero-order valence-electron chi connectivity index (χ0n) is 13.8. The Morgan fingerprint density at radius 1 is 0.964 bits per heavy atom. The third kappa shape index (κ3) is 3.76. The molecule has 28 heavy (non-hydrogen) atoms. The lowest BCUT2D eigenvalue weighted by Crippen LogP contribution is -2.08. The smallest absolute Gasteiger partial charge is 0.225 e. The van der Waals surface area contributed by atoms with Crippen molar-refractivity contribution >= 4 is 68.7 Å². The number of fused-ring (bicyclic) bond motifs is 2. The summed E-state index contributed by atoms with van der Waals surface area (Å²) in [5, 5.41) is 10.2. The number of nitrogens with zero attached hydrogens (tertiary/aromatic N) is 7. The maximum Gasteiger partial charge on any atom is 0.225 e. The summed E-state index contributed by atoms with van der Waals surface area (Å²) in [4.78, 5) is 26.3. The average Bonchev–Trinajstić information content (AvgIpc) is 3.34. The predicted molar refractivity (Wildman–Crippen MR) is 106 cm³/mol. The molecule has 13 heteroatoms. The number of halogens is 4. The van der Waals surface area contributed by atoms with E-state index in [4.69, 9.17) is 46.4 Å². The van der Waals surface area contributed by atoms with Gasteiger partial charge in [0.05, 0.1) is 24.8 Å². The fourth-order valence-corrected chi connectivity index (χ4v) is 3.59. The summed E-state index contributed by atoms with van der Waals surface area (Å²) in [7, 11) is 0. The van der Waals surface area contributed by atoms with E-state index in [2.05, 4.69) is 34.9 Å². The van der Waals surface area contributed by atoms with E-state index in [-0.39, 0.29) is 26.9 Å². The van der Waals surface area contributed by atoms with Gasteiger partial charge in [0.1, 0.15) is 11.0 Å². The van der Waals surface area contributed by atoms with Gasteiger partial charge in [-0.1, -0.05) is 35.4 Å². The number of H-pyrrole nitrogens is 1. The molecular weight excluding hydrogens is 450 g/mol. The normalized spacial score (nSPS) is 18.6. The molecule has 0 radical (unpaired) electrons. The van der Waals surface area contributed by atoms with E-state index in [1.54, 1.807) is 12.4 Å². The molecular formula is C15H10Cl4N8O. The number of aromatic amines is 1. The Hall–Kier alpha value is -2.04. The van der Waals surface area contributed by atoms with Crippen molar-refractivity contribution in [3.63, 3.8) is 0 Å². The van der Waals surface area contributed by atoms with Crippen LogP contribution in [0.5, 0.6) is 0 Å². The van der Waals surface area contributed by atoms with E-state index in [9.17, 15) is 5.11 Å². The van der Waals surface area contributed by atoms with Crippen LogP contribution in [0.25, 0.3) is 22.3 Å². The van der Waals surface area contributed by atoms with Gasteiger partial charge < -0.3 is 14.7 Å². The number of aliphatic hydroxyl groups is 1. The molecule has 0 bridgehead atoms. The highest BCUT2D eigenvalue weighted by atomic mass is 35.5. The van der Waals surface area contributed by atoms with Gasteiger partial charge in [-0.3, -0.25) is 0 Å². The Bertz CT molecular complexity index is 1190. The monoisotopic (exact) mass is 458 g/mol. The number of allylic oxidation sites excluding steroid dienone is 1. The summed E-state index contributed by atoms with van der Waals surface area (Å²) in [6.45, 7) is 0. The summed E-state index contributed by atoms with van der Waals surface area (Å²) >= 11 is 22.9. The zero-order valence-corrected chi connectivity index (χ0v) is 16.8. The molecule has 0 spiro atoms. The van der Waals surface area contributed by atoms with Crippen molar-refractivity contribution in [2.45, 2.75) is 18.6 Å². The molecule has 0 fully saturated rings. The molecule has 4 heterocycles. The molecule has 0 amide bonds. The maximum absolute atomic E-state index is 9.47. The van der Waals surface area contributed by atoms with Crippen LogP contribution in [0.15, 0.2) is 24.8 Å². The topological polar surface area (TPSA) is 118 Å². The molecule has 5 rings (SSSR count). The Labute approximate surface area is 177 Å². The summed E-state index contributed by atoms with van der Waals surface area (Å²) in [6.07, 6.45) is 6.96. The van der Waals surface area contributed by atoms with Gasteiger partial charge in [0.15, 0.2) is 21.6 Å². The molecule has 4 aromatic rings. The molecule has 4 aromatic heterocycles. The van der Waals surface area contributed by atoms with Crippen molar-refractivity contribution in [3.8, 4) is 0 Å².